The molecule has 0 saturated heterocycles. The van der Waals surface area contributed by atoms with Crippen molar-refractivity contribution < 1.29 is 17.6 Å². The lowest BCUT2D eigenvalue weighted by molar-refractivity contribution is 0.116. The zero-order chi connectivity index (χ0) is 17.1. The SMILES string of the molecule is O=c1cc(-c2nnc(C(F)F)o2)ccn1CCc1ccccc1F. The van der Waals surface area contributed by atoms with E-state index < -0.39 is 12.3 Å². The molecule has 0 unspecified atom stereocenters. The van der Waals surface area contributed by atoms with E-state index in [0.717, 1.165) is 0 Å². The highest BCUT2D eigenvalue weighted by atomic mass is 19.3. The fourth-order valence-corrected chi connectivity index (χ4v) is 2.21. The molecule has 0 aliphatic heterocycles. The predicted octanol–water partition coefficient (Wildman–Crippen LogP) is 3.22. The maximum atomic E-state index is 13.6. The number of alkyl halides is 2. The molecule has 0 aliphatic rings. The maximum absolute atomic E-state index is 13.6. The van der Waals surface area contributed by atoms with Crippen LogP contribution in [0.25, 0.3) is 11.5 Å². The minimum absolute atomic E-state index is 0.149. The van der Waals surface area contributed by atoms with E-state index >= 15 is 0 Å². The summed E-state index contributed by atoms with van der Waals surface area (Å²) in [4.78, 5) is 12.1. The number of pyridine rings is 1. The van der Waals surface area contributed by atoms with Gasteiger partial charge < -0.3 is 8.98 Å². The van der Waals surface area contributed by atoms with E-state index in [0.29, 0.717) is 12.0 Å². The Morgan fingerprint density at radius 3 is 2.62 bits per heavy atom. The Labute approximate surface area is 134 Å². The summed E-state index contributed by atoms with van der Waals surface area (Å²) in [5.41, 5.74) is 0.383. The maximum Gasteiger partial charge on any atom is 0.314 e. The smallest absolute Gasteiger partial charge is 0.314 e. The third-order valence-corrected chi connectivity index (χ3v) is 3.45. The van der Waals surface area contributed by atoms with Gasteiger partial charge >= 0.3 is 6.43 Å². The number of aromatic nitrogens is 3. The van der Waals surface area contributed by atoms with Crippen molar-refractivity contribution in [2.24, 2.45) is 0 Å². The molecule has 24 heavy (non-hydrogen) atoms. The number of hydrogen-bond acceptors (Lipinski definition) is 4. The Bertz CT molecular complexity index is 905. The second kappa shape index (κ2) is 6.69. The molecule has 3 aromatic rings. The largest absolute Gasteiger partial charge is 0.415 e. The molecular formula is C16H12F3N3O2. The summed E-state index contributed by atoms with van der Waals surface area (Å²) in [5.74, 6) is -1.27. The summed E-state index contributed by atoms with van der Waals surface area (Å²) in [5, 5.41) is 6.70. The van der Waals surface area contributed by atoms with Crippen LogP contribution >= 0.6 is 0 Å². The van der Waals surface area contributed by atoms with Crippen molar-refractivity contribution in [3.05, 3.63) is 70.2 Å². The minimum atomic E-state index is -2.87. The van der Waals surface area contributed by atoms with Gasteiger partial charge in [0.25, 0.3) is 11.4 Å². The molecule has 8 heteroatoms. The third kappa shape index (κ3) is 3.37. The van der Waals surface area contributed by atoms with Crippen molar-refractivity contribution in [1.82, 2.24) is 14.8 Å². The summed E-state index contributed by atoms with van der Waals surface area (Å²) in [6, 6.07) is 9.05. The van der Waals surface area contributed by atoms with Crippen LogP contribution < -0.4 is 5.56 Å². The standard InChI is InChI=1S/C16H12F3N3O2/c17-12-4-2-1-3-10(12)5-7-22-8-6-11(9-13(22)23)15-20-21-16(24-15)14(18)19/h1-4,6,8-9,14H,5,7H2. The van der Waals surface area contributed by atoms with Gasteiger partial charge in [-0.3, -0.25) is 4.79 Å². The van der Waals surface area contributed by atoms with Gasteiger partial charge in [-0.1, -0.05) is 18.2 Å². The van der Waals surface area contributed by atoms with Gasteiger partial charge in [0.1, 0.15) is 5.82 Å². The van der Waals surface area contributed by atoms with Gasteiger partial charge in [-0.2, -0.15) is 8.78 Å². The molecular weight excluding hydrogens is 323 g/mol. The Morgan fingerprint density at radius 1 is 1.17 bits per heavy atom. The van der Waals surface area contributed by atoms with Gasteiger partial charge in [-0.05, 0) is 24.1 Å². The van der Waals surface area contributed by atoms with Crippen LogP contribution in [0, 0.1) is 5.82 Å². The Kier molecular flexibility index (Phi) is 4.45. The van der Waals surface area contributed by atoms with Crippen molar-refractivity contribution in [1.29, 1.82) is 0 Å². The zero-order valence-electron chi connectivity index (χ0n) is 12.3. The fraction of sp³-hybridized carbons (Fsp3) is 0.188. The topological polar surface area (TPSA) is 60.9 Å². The first-order valence-electron chi connectivity index (χ1n) is 7.10. The van der Waals surface area contributed by atoms with E-state index in [2.05, 4.69) is 10.2 Å². The number of hydrogen-bond donors (Lipinski definition) is 0. The fourth-order valence-electron chi connectivity index (χ4n) is 2.21. The molecule has 124 valence electrons. The number of rotatable bonds is 5. The van der Waals surface area contributed by atoms with Crippen LogP contribution in [0.15, 0.2) is 51.8 Å². The first-order chi connectivity index (χ1) is 11.5. The molecule has 5 nitrogen and oxygen atoms in total. The Hall–Kier alpha value is -2.90. The highest BCUT2D eigenvalue weighted by Gasteiger charge is 2.17. The van der Waals surface area contributed by atoms with Crippen LogP contribution in [-0.4, -0.2) is 14.8 Å². The molecule has 0 fully saturated rings. The third-order valence-electron chi connectivity index (χ3n) is 3.45. The summed E-state index contributed by atoms with van der Waals surface area (Å²) in [6.45, 7) is 0.284. The van der Waals surface area contributed by atoms with Gasteiger partial charge in [0.2, 0.25) is 5.89 Å². The predicted molar refractivity (Wildman–Crippen MR) is 79.1 cm³/mol. The van der Waals surface area contributed by atoms with Gasteiger partial charge in [0.05, 0.1) is 0 Å². The molecule has 3 rings (SSSR count). The molecule has 0 N–H and O–H groups in total. The number of nitrogens with zero attached hydrogens (tertiary/aromatic N) is 3. The van der Waals surface area contributed by atoms with E-state index in [1.165, 1.54) is 29.0 Å². The van der Waals surface area contributed by atoms with E-state index in [1.54, 1.807) is 18.2 Å². The normalized spacial score (nSPS) is 11.2. The van der Waals surface area contributed by atoms with Crippen LogP contribution in [0.5, 0.6) is 0 Å². The van der Waals surface area contributed by atoms with Crippen LogP contribution in [0.1, 0.15) is 17.9 Å². The lowest BCUT2D eigenvalue weighted by Crippen LogP contribution is -2.19. The first kappa shape index (κ1) is 16.0. The molecule has 0 spiro atoms. The highest BCUT2D eigenvalue weighted by Crippen LogP contribution is 2.22. The molecule has 0 aliphatic carbocycles. The Balaban J connectivity index is 1.77. The summed E-state index contributed by atoms with van der Waals surface area (Å²) in [7, 11) is 0. The lowest BCUT2D eigenvalue weighted by Gasteiger charge is -2.07. The molecule has 0 radical (unpaired) electrons. The van der Waals surface area contributed by atoms with Crippen molar-refractivity contribution in [2.75, 3.05) is 0 Å². The Morgan fingerprint density at radius 2 is 1.96 bits per heavy atom. The van der Waals surface area contributed by atoms with E-state index in [4.69, 9.17) is 4.42 Å². The van der Waals surface area contributed by atoms with Crippen molar-refractivity contribution in [2.45, 2.75) is 19.4 Å². The zero-order valence-corrected chi connectivity index (χ0v) is 12.3. The summed E-state index contributed by atoms with van der Waals surface area (Å²) >= 11 is 0. The summed E-state index contributed by atoms with van der Waals surface area (Å²) in [6.07, 6.45) is -1.04. The van der Waals surface area contributed by atoms with Crippen molar-refractivity contribution >= 4 is 0 Å². The average Bonchev–Trinajstić information content (AvgIpc) is 3.05. The quantitative estimate of drug-likeness (QED) is 0.718. The average molecular weight is 335 g/mol. The van der Waals surface area contributed by atoms with Crippen LogP contribution in [-0.2, 0) is 13.0 Å². The molecule has 0 amide bonds. The van der Waals surface area contributed by atoms with Crippen LogP contribution in [0.4, 0.5) is 13.2 Å². The number of benzene rings is 1. The van der Waals surface area contributed by atoms with Crippen LogP contribution in [0.3, 0.4) is 0 Å². The molecule has 2 aromatic heterocycles. The second-order valence-electron chi connectivity index (χ2n) is 5.03. The van der Waals surface area contributed by atoms with Gasteiger partial charge in [0, 0.05) is 24.4 Å². The van der Waals surface area contributed by atoms with Crippen LogP contribution in [0.2, 0.25) is 0 Å². The monoisotopic (exact) mass is 335 g/mol. The van der Waals surface area contributed by atoms with E-state index in [9.17, 15) is 18.0 Å². The highest BCUT2D eigenvalue weighted by molar-refractivity contribution is 5.50. The van der Waals surface area contributed by atoms with Gasteiger partial charge in [-0.25, -0.2) is 4.39 Å². The second-order valence-corrected chi connectivity index (χ2v) is 5.03. The molecule has 1 aromatic carbocycles. The summed E-state index contributed by atoms with van der Waals surface area (Å²) < 4.78 is 44.6. The van der Waals surface area contributed by atoms with E-state index in [-0.39, 0.29) is 29.4 Å². The first-order valence-corrected chi connectivity index (χ1v) is 7.10. The molecule has 2 heterocycles. The number of halogens is 3. The van der Waals surface area contributed by atoms with Gasteiger partial charge in [0.15, 0.2) is 0 Å². The molecule has 0 saturated carbocycles. The van der Waals surface area contributed by atoms with E-state index in [1.807, 2.05) is 0 Å². The number of aryl methyl sites for hydroxylation is 2. The van der Waals surface area contributed by atoms with Gasteiger partial charge in [-0.15, -0.1) is 10.2 Å². The molecule has 0 bridgehead atoms. The lowest BCUT2D eigenvalue weighted by atomic mass is 10.1. The minimum Gasteiger partial charge on any atom is -0.415 e. The molecule has 0 atom stereocenters. The van der Waals surface area contributed by atoms with Crippen molar-refractivity contribution in [3.8, 4) is 11.5 Å². The van der Waals surface area contributed by atoms with Crippen molar-refractivity contribution in [3.63, 3.8) is 0 Å².